The highest BCUT2D eigenvalue weighted by Crippen LogP contribution is 2.24. The molecule has 0 fully saturated rings. The van der Waals surface area contributed by atoms with Crippen molar-refractivity contribution in [2.24, 2.45) is 0 Å². The maximum Gasteiger partial charge on any atom is 0.222 e. The van der Waals surface area contributed by atoms with Crippen molar-refractivity contribution >= 4 is 23.1 Å². The zero-order valence-electron chi connectivity index (χ0n) is 5.00. The SMILES string of the molecule is CCSc1nc(O)cs1. The van der Waals surface area contributed by atoms with Gasteiger partial charge in [0.15, 0.2) is 4.34 Å². The number of aromatic hydroxyl groups is 1. The maximum absolute atomic E-state index is 8.77. The van der Waals surface area contributed by atoms with Crippen LogP contribution < -0.4 is 0 Å². The van der Waals surface area contributed by atoms with Crippen molar-refractivity contribution in [3.05, 3.63) is 5.38 Å². The summed E-state index contributed by atoms with van der Waals surface area (Å²) < 4.78 is 0.940. The van der Waals surface area contributed by atoms with Gasteiger partial charge in [0.05, 0.1) is 5.38 Å². The Morgan fingerprint density at radius 2 is 2.67 bits per heavy atom. The van der Waals surface area contributed by atoms with E-state index in [1.165, 1.54) is 11.3 Å². The van der Waals surface area contributed by atoms with E-state index in [0.717, 1.165) is 10.1 Å². The van der Waals surface area contributed by atoms with Gasteiger partial charge in [0, 0.05) is 0 Å². The average molecular weight is 161 g/mol. The fourth-order valence-corrected chi connectivity index (χ4v) is 2.02. The Morgan fingerprint density at radius 3 is 3.11 bits per heavy atom. The highest BCUT2D eigenvalue weighted by molar-refractivity contribution is 8.00. The summed E-state index contributed by atoms with van der Waals surface area (Å²) in [6, 6.07) is 0. The molecule has 0 aliphatic heterocycles. The first-order valence-electron chi connectivity index (χ1n) is 2.60. The molecule has 0 aliphatic carbocycles. The van der Waals surface area contributed by atoms with Gasteiger partial charge in [0.25, 0.3) is 0 Å². The minimum atomic E-state index is 0.135. The number of aromatic nitrogens is 1. The minimum Gasteiger partial charge on any atom is -0.493 e. The topological polar surface area (TPSA) is 33.1 Å². The zero-order chi connectivity index (χ0) is 6.69. The second-order valence-electron chi connectivity index (χ2n) is 1.40. The molecule has 9 heavy (non-hydrogen) atoms. The molecule has 0 saturated carbocycles. The third kappa shape index (κ3) is 1.87. The van der Waals surface area contributed by atoms with Crippen molar-refractivity contribution in [3.8, 4) is 5.88 Å². The van der Waals surface area contributed by atoms with Crippen molar-refractivity contribution in [3.63, 3.8) is 0 Å². The van der Waals surface area contributed by atoms with Crippen molar-refractivity contribution in [2.45, 2.75) is 11.3 Å². The average Bonchev–Trinajstić information content (AvgIpc) is 2.17. The van der Waals surface area contributed by atoms with Gasteiger partial charge in [-0.05, 0) is 5.75 Å². The lowest BCUT2D eigenvalue weighted by Crippen LogP contribution is -1.67. The second kappa shape index (κ2) is 3.08. The Balaban J connectivity index is 2.61. The summed E-state index contributed by atoms with van der Waals surface area (Å²) in [4.78, 5) is 3.84. The number of thiazole rings is 1. The molecule has 0 saturated heterocycles. The van der Waals surface area contributed by atoms with Crippen LogP contribution in [-0.2, 0) is 0 Å². The molecule has 0 aromatic carbocycles. The molecule has 4 heteroatoms. The monoisotopic (exact) mass is 161 g/mol. The molecule has 0 amide bonds. The summed E-state index contributed by atoms with van der Waals surface area (Å²) in [6.45, 7) is 2.06. The fourth-order valence-electron chi connectivity index (χ4n) is 0.439. The molecule has 1 N–H and O–H groups in total. The van der Waals surface area contributed by atoms with Crippen LogP contribution >= 0.6 is 23.1 Å². The van der Waals surface area contributed by atoms with E-state index in [1.54, 1.807) is 17.1 Å². The number of hydrogen-bond acceptors (Lipinski definition) is 4. The quantitative estimate of drug-likeness (QED) is 0.673. The van der Waals surface area contributed by atoms with Crippen LogP contribution in [0.4, 0.5) is 0 Å². The van der Waals surface area contributed by atoms with Gasteiger partial charge in [-0.15, -0.1) is 11.3 Å². The summed E-state index contributed by atoms with van der Waals surface area (Å²) in [5.74, 6) is 1.14. The predicted octanol–water partition coefficient (Wildman–Crippen LogP) is 1.96. The third-order valence-corrected chi connectivity index (χ3v) is 2.63. The van der Waals surface area contributed by atoms with Gasteiger partial charge in [-0.1, -0.05) is 18.7 Å². The molecule has 1 aromatic rings. The van der Waals surface area contributed by atoms with Crippen LogP contribution in [-0.4, -0.2) is 15.8 Å². The molecular formula is C5H7NOS2. The van der Waals surface area contributed by atoms with Gasteiger partial charge in [-0.3, -0.25) is 0 Å². The lowest BCUT2D eigenvalue weighted by atomic mass is 10.9. The Bertz CT molecular complexity index is 187. The first-order valence-corrected chi connectivity index (χ1v) is 4.46. The van der Waals surface area contributed by atoms with Gasteiger partial charge < -0.3 is 5.11 Å². The normalized spacial score (nSPS) is 9.89. The highest BCUT2D eigenvalue weighted by atomic mass is 32.2. The van der Waals surface area contributed by atoms with E-state index >= 15 is 0 Å². The molecule has 0 spiro atoms. The predicted molar refractivity (Wildman–Crippen MR) is 40.2 cm³/mol. The lowest BCUT2D eigenvalue weighted by Gasteiger charge is -1.84. The molecule has 2 nitrogen and oxygen atoms in total. The molecule has 0 atom stereocenters. The van der Waals surface area contributed by atoms with Crippen molar-refractivity contribution in [2.75, 3.05) is 5.75 Å². The molecule has 0 unspecified atom stereocenters. The summed E-state index contributed by atoms with van der Waals surface area (Å²) in [6.07, 6.45) is 0. The van der Waals surface area contributed by atoms with Gasteiger partial charge in [0.2, 0.25) is 5.88 Å². The third-order valence-electron chi connectivity index (χ3n) is 0.739. The van der Waals surface area contributed by atoms with E-state index in [1.807, 2.05) is 0 Å². The summed E-state index contributed by atoms with van der Waals surface area (Å²) >= 11 is 3.12. The van der Waals surface area contributed by atoms with Gasteiger partial charge >= 0.3 is 0 Å². The van der Waals surface area contributed by atoms with Crippen molar-refractivity contribution in [1.29, 1.82) is 0 Å². The van der Waals surface area contributed by atoms with Gasteiger partial charge in [0.1, 0.15) is 0 Å². The van der Waals surface area contributed by atoms with Crippen LogP contribution in [0.5, 0.6) is 5.88 Å². The molecule has 0 radical (unpaired) electrons. The Labute approximate surface area is 61.9 Å². The summed E-state index contributed by atoms with van der Waals surface area (Å²) in [5.41, 5.74) is 0. The molecule has 1 rings (SSSR count). The summed E-state index contributed by atoms with van der Waals surface area (Å²) in [7, 11) is 0. The Hall–Kier alpha value is -0.220. The van der Waals surface area contributed by atoms with E-state index < -0.39 is 0 Å². The first kappa shape index (κ1) is 6.89. The number of hydrogen-bond donors (Lipinski definition) is 1. The molecule has 1 heterocycles. The number of nitrogens with zero attached hydrogens (tertiary/aromatic N) is 1. The Kier molecular flexibility index (Phi) is 2.36. The van der Waals surface area contributed by atoms with Crippen molar-refractivity contribution in [1.82, 2.24) is 4.98 Å². The van der Waals surface area contributed by atoms with Crippen molar-refractivity contribution < 1.29 is 5.11 Å². The number of thioether (sulfide) groups is 1. The van der Waals surface area contributed by atoms with E-state index in [9.17, 15) is 0 Å². The molecule has 0 aliphatic rings. The standard InChI is InChI=1S/C5H7NOS2/c1-2-8-5-6-4(7)3-9-5/h3,7H,2H2,1H3. The largest absolute Gasteiger partial charge is 0.493 e. The van der Waals surface area contributed by atoms with Gasteiger partial charge in [-0.2, -0.15) is 4.98 Å². The Morgan fingerprint density at radius 1 is 1.89 bits per heavy atom. The molecule has 50 valence electrons. The lowest BCUT2D eigenvalue weighted by molar-refractivity contribution is 0.454. The van der Waals surface area contributed by atoms with E-state index in [4.69, 9.17) is 5.11 Å². The van der Waals surface area contributed by atoms with Crippen LogP contribution in [0.15, 0.2) is 9.72 Å². The zero-order valence-corrected chi connectivity index (χ0v) is 6.63. The van der Waals surface area contributed by atoms with Crippen LogP contribution in [0.2, 0.25) is 0 Å². The highest BCUT2D eigenvalue weighted by Gasteiger charge is 1.96. The minimum absolute atomic E-state index is 0.135. The fraction of sp³-hybridized carbons (Fsp3) is 0.400. The smallest absolute Gasteiger partial charge is 0.222 e. The number of rotatable bonds is 2. The second-order valence-corrected chi connectivity index (χ2v) is 3.77. The molecular weight excluding hydrogens is 154 g/mol. The van der Waals surface area contributed by atoms with Crippen LogP contribution in [0.25, 0.3) is 0 Å². The molecule has 1 aromatic heterocycles. The van der Waals surface area contributed by atoms with E-state index in [2.05, 4.69) is 11.9 Å². The van der Waals surface area contributed by atoms with E-state index in [0.29, 0.717) is 0 Å². The van der Waals surface area contributed by atoms with Gasteiger partial charge in [-0.25, -0.2) is 0 Å². The van der Waals surface area contributed by atoms with Crippen LogP contribution in [0, 0.1) is 0 Å². The van der Waals surface area contributed by atoms with Crippen LogP contribution in [0.1, 0.15) is 6.92 Å². The van der Waals surface area contributed by atoms with Crippen LogP contribution in [0.3, 0.4) is 0 Å². The summed E-state index contributed by atoms with van der Waals surface area (Å²) in [5, 5.41) is 10.4. The molecule has 0 bridgehead atoms. The first-order chi connectivity index (χ1) is 4.33. The van der Waals surface area contributed by atoms with E-state index in [-0.39, 0.29) is 5.88 Å². The maximum atomic E-state index is 8.77.